The number of rotatable bonds is 5. The number of hydrogen-bond acceptors (Lipinski definition) is 6. The van der Waals surface area contributed by atoms with Crippen molar-refractivity contribution in [2.45, 2.75) is 6.92 Å². The van der Waals surface area contributed by atoms with Crippen LogP contribution < -0.4 is 5.32 Å². The van der Waals surface area contributed by atoms with E-state index in [0.717, 1.165) is 17.4 Å². The molecule has 0 atom stereocenters. The zero-order valence-corrected chi connectivity index (χ0v) is 15.6. The molecule has 9 heteroatoms. The Kier molecular flexibility index (Phi) is 5.78. The maximum atomic E-state index is 13.6. The largest absolute Gasteiger partial charge is 0.451 e. The van der Waals surface area contributed by atoms with Gasteiger partial charge in [0, 0.05) is 11.2 Å². The molecule has 0 aliphatic heterocycles. The molecule has 1 amide bonds. The van der Waals surface area contributed by atoms with E-state index in [1.165, 1.54) is 12.1 Å². The highest BCUT2D eigenvalue weighted by molar-refractivity contribution is 7.17. The highest BCUT2D eigenvalue weighted by Crippen LogP contribution is 2.27. The van der Waals surface area contributed by atoms with Crippen LogP contribution in [0.15, 0.2) is 42.6 Å². The third-order valence-corrected chi connectivity index (χ3v) is 4.80. The average Bonchev–Trinajstić information content (AvgIpc) is 3.05. The number of hydrogen-bond donors (Lipinski definition) is 1. The monoisotopic (exact) mass is 405 g/mol. The zero-order chi connectivity index (χ0) is 19.4. The second kappa shape index (κ2) is 8.24. The number of carbonyl (C=O) groups excluding carboxylic acids is 2. The lowest BCUT2D eigenvalue weighted by atomic mass is 10.3. The summed E-state index contributed by atoms with van der Waals surface area (Å²) in [6.07, 6.45) is 1.63. The lowest BCUT2D eigenvalue weighted by molar-refractivity contribution is -0.119. The Balaban J connectivity index is 1.63. The van der Waals surface area contributed by atoms with Crippen molar-refractivity contribution in [2.24, 2.45) is 0 Å². The Labute approximate surface area is 163 Å². The normalized spacial score (nSPS) is 10.5. The van der Waals surface area contributed by atoms with Gasteiger partial charge < -0.3 is 10.1 Å². The van der Waals surface area contributed by atoms with Gasteiger partial charge in [0.2, 0.25) is 0 Å². The van der Waals surface area contributed by atoms with Crippen LogP contribution in [-0.2, 0) is 9.53 Å². The molecule has 27 heavy (non-hydrogen) atoms. The molecule has 3 rings (SSSR count). The number of thiazole rings is 1. The fraction of sp³-hybridized carbons (Fsp3) is 0.111. The second-order valence-corrected chi connectivity index (χ2v) is 6.83. The number of esters is 1. The van der Waals surface area contributed by atoms with Crippen molar-refractivity contribution in [1.82, 2.24) is 9.97 Å². The number of benzene rings is 1. The summed E-state index contributed by atoms with van der Waals surface area (Å²) in [6.45, 7) is 1.10. The number of nitrogens with one attached hydrogen (secondary N) is 1. The van der Waals surface area contributed by atoms with Crippen molar-refractivity contribution in [3.8, 4) is 10.7 Å². The van der Waals surface area contributed by atoms with Crippen molar-refractivity contribution in [3.05, 3.63) is 64.0 Å². The van der Waals surface area contributed by atoms with Crippen LogP contribution in [-0.4, -0.2) is 28.5 Å². The van der Waals surface area contributed by atoms with Crippen LogP contribution in [0, 0.1) is 12.7 Å². The van der Waals surface area contributed by atoms with Gasteiger partial charge in [-0.15, -0.1) is 11.3 Å². The first-order valence-electron chi connectivity index (χ1n) is 7.75. The van der Waals surface area contributed by atoms with Gasteiger partial charge in [0.25, 0.3) is 5.91 Å². The minimum absolute atomic E-state index is 0.0880. The van der Waals surface area contributed by atoms with Gasteiger partial charge in [-0.1, -0.05) is 17.7 Å². The van der Waals surface area contributed by atoms with Gasteiger partial charge in [0.1, 0.15) is 15.7 Å². The van der Waals surface area contributed by atoms with Crippen LogP contribution in [0.1, 0.15) is 15.4 Å². The second-order valence-electron chi connectivity index (χ2n) is 5.40. The van der Waals surface area contributed by atoms with E-state index in [1.807, 2.05) is 6.07 Å². The van der Waals surface area contributed by atoms with Crippen LogP contribution in [0.3, 0.4) is 0 Å². The molecule has 0 unspecified atom stereocenters. The minimum atomic E-state index is -0.686. The van der Waals surface area contributed by atoms with Crippen LogP contribution in [0.2, 0.25) is 5.02 Å². The van der Waals surface area contributed by atoms with E-state index in [4.69, 9.17) is 16.3 Å². The lowest BCUT2D eigenvalue weighted by Gasteiger charge is -2.07. The van der Waals surface area contributed by atoms with E-state index >= 15 is 0 Å². The van der Waals surface area contributed by atoms with Gasteiger partial charge in [-0.05, 0) is 37.3 Å². The molecule has 2 heterocycles. The van der Waals surface area contributed by atoms with Crippen molar-refractivity contribution in [2.75, 3.05) is 11.9 Å². The highest BCUT2D eigenvalue weighted by atomic mass is 35.5. The number of amides is 1. The molecule has 0 aliphatic rings. The summed E-state index contributed by atoms with van der Waals surface area (Å²) in [7, 11) is 0. The molecule has 6 nitrogen and oxygen atoms in total. The van der Waals surface area contributed by atoms with E-state index in [2.05, 4.69) is 15.3 Å². The molecular formula is C18H13ClFN3O3S. The summed E-state index contributed by atoms with van der Waals surface area (Å²) in [5.41, 5.74) is 1.03. The topological polar surface area (TPSA) is 81.2 Å². The fourth-order valence-corrected chi connectivity index (χ4v) is 3.27. The predicted molar refractivity (Wildman–Crippen MR) is 100 cm³/mol. The molecule has 0 bridgehead atoms. The number of aromatic nitrogens is 2. The van der Waals surface area contributed by atoms with E-state index in [1.54, 1.807) is 25.3 Å². The standard InChI is InChI=1S/C18H13ClFN3O3S/c1-10-16(27-17(22-10)13-4-2-3-7-21-13)18(25)26-9-15(24)23-14-8-11(19)5-6-12(14)20/h2-8H,9H2,1H3,(H,23,24). The molecule has 0 spiro atoms. The summed E-state index contributed by atoms with van der Waals surface area (Å²) in [5, 5.41) is 3.15. The van der Waals surface area contributed by atoms with Crippen molar-refractivity contribution < 1.29 is 18.7 Å². The van der Waals surface area contributed by atoms with Gasteiger partial charge in [0.05, 0.1) is 17.1 Å². The molecule has 3 aromatic rings. The Hall–Kier alpha value is -2.84. The van der Waals surface area contributed by atoms with Crippen LogP contribution in [0.4, 0.5) is 10.1 Å². The van der Waals surface area contributed by atoms with Gasteiger partial charge in [-0.2, -0.15) is 0 Å². The first kappa shape index (κ1) is 18.9. The van der Waals surface area contributed by atoms with Crippen LogP contribution in [0.25, 0.3) is 10.7 Å². The molecule has 138 valence electrons. The predicted octanol–water partition coefficient (Wildman–Crippen LogP) is 4.10. The Morgan fingerprint density at radius 2 is 2.11 bits per heavy atom. The Bertz CT molecular complexity index is 995. The Morgan fingerprint density at radius 1 is 1.30 bits per heavy atom. The maximum absolute atomic E-state index is 13.6. The summed E-state index contributed by atoms with van der Waals surface area (Å²) < 4.78 is 18.6. The summed E-state index contributed by atoms with van der Waals surface area (Å²) in [4.78, 5) is 32.9. The summed E-state index contributed by atoms with van der Waals surface area (Å²) in [5.74, 6) is -2.01. The first-order chi connectivity index (χ1) is 12.9. The smallest absolute Gasteiger partial charge is 0.350 e. The average molecular weight is 406 g/mol. The van der Waals surface area contributed by atoms with E-state index in [0.29, 0.717) is 16.4 Å². The minimum Gasteiger partial charge on any atom is -0.451 e. The summed E-state index contributed by atoms with van der Waals surface area (Å²) >= 11 is 6.89. The van der Waals surface area contributed by atoms with Crippen molar-refractivity contribution in [3.63, 3.8) is 0 Å². The molecule has 0 saturated carbocycles. The van der Waals surface area contributed by atoms with Gasteiger partial charge in [-0.25, -0.2) is 14.2 Å². The molecule has 0 aliphatic carbocycles. The molecule has 1 aromatic carbocycles. The maximum Gasteiger partial charge on any atom is 0.350 e. The van der Waals surface area contributed by atoms with Crippen LogP contribution >= 0.6 is 22.9 Å². The first-order valence-corrected chi connectivity index (χ1v) is 8.94. The molecular weight excluding hydrogens is 393 g/mol. The van der Waals surface area contributed by atoms with Gasteiger partial charge >= 0.3 is 5.97 Å². The molecule has 1 N–H and O–H groups in total. The molecule has 2 aromatic heterocycles. The zero-order valence-electron chi connectivity index (χ0n) is 14.0. The number of carbonyl (C=O) groups is 2. The third-order valence-electron chi connectivity index (χ3n) is 3.40. The Morgan fingerprint density at radius 3 is 2.85 bits per heavy atom. The molecule has 0 saturated heterocycles. The van der Waals surface area contributed by atoms with E-state index < -0.39 is 24.3 Å². The van der Waals surface area contributed by atoms with Gasteiger partial charge in [-0.3, -0.25) is 9.78 Å². The molecule has 0 radical (unpaired) electrons. The third kappa shape index (κ3) is 4.66. The van der Waals surface area contributed by atoms with Gasteiger partial charge in [0.15, 0.2) is 6.61 Å². The number of nitrogens with zero attached hydrogens (tertiary/aromatic N) is 2. The fourth-order valence-electron chi connectivity index (χ4n) is 2.16. The quantitative estimate of drug-likeness (QED) is 0.646. The number of halogens is 2. The summed E-state index contributed by atoms with van der Waals surface area (Å²) in [6, 6.07) is 9.13. The highest BCUT2D eigenvalue weighted by Gasteiger charge is 2.19. The molecule has 0 fully saturated rings. The van der Waals surface area contributed by atoms with Crippen molar-refractivity contribution >= 4 is 40.5 Å². The number of anilines is 1. The SMILES string of the molecule is Cc1nc(-c2ccccn2)sc1C(=O)OCC(=O)Nc1cc(Cl)ccc1F. The van der Waals surface area contributed by atoms with Crippen molar-refractivity contribution in [1.29, 1.82) is 0 Å². The number of pyridine rings is 1. The number of aryl methyl sites for hydroxylation is 1. The van der Waals surface area contributed by atoms with Crippen LogP contribution in [0.5, 0.6) is 0 Å². The van der Waals surface area contributed by atoms with E-state index in [9.17, 15) is 14.0 Å². The lowest BCUT2D eigenvalue weighted by Crippen LogP contribution is -2.21. The van der Waals surface area contributed by atoms with E-state index in [-0.39, 0.29) is 15.6 Å². The number of ether oxygens (including phenoxy) is 1.